The Hall–Kier alpha value is -2.58. The molecule has 1 heterocycles. The van der Waals surface area contributed by atoms with Gasteiger partial charge in [-0.15, -0.1) is 0 Å². The molecule has 0 spiro atoms. The Labute approximate surface area is 123 Å². The molecule has 1 aromatic heterocycles. The van der Waals surface area contributed by atoms with Crippen molar-refractivity contribution in [1.29, 1.82) is 0 Å². The van der Waals surface area contributed by atoms with Crippen LogP contribution >= 0.6 is 0 Å². The van der Waals surface area contributed by atoms with Crippen molar-refractivity contribution in [3.8, 4) is 11.8 Å². The standard InChI is InChI=1S/C16H17N3O2/c1-12-13(6-3-4-9-20)7-5-8-15(12)16(21)18-14-10-17-19(2)11-14/h5,7-8,10-11,20H,4,9H2,1-2H3,(H,18,21). The molecule has 0 saturated heterocycles. The molecular formula is C16H17N3O2. The lowest BCUT2D eigenvalue weighted by atomic mass is 10.0. The summed E-state index contributed by atoms with van der Waals surface area (Å²) >= 11 is 0. The van der Waals surface area contributed by atoms with E-state index in [-0.39, 0.29) is 12.5 Å². The molecule has 0 fully saturated rings. The summed E-state index contributed by atoms with van der Waals surface area (Å²) < 4.78 is 1.62. The van der Waals surface area contributed by atoms with E-state index in [4.69, 9.17) is 5.11 Å². The van der Waals surface area contributed by atoms with Crippen LogP contribution in [0.2, 0.25) is 0 Å². The molecule has 2 rings (SSSR count). The number of anilines is 1. The second kappa shape index (κ2) is 6.73. The first-order valence-corrected chi connectivity index (χ1v) is 6.61. The van der Waals surface area contributed by atoms with Crippen molar-refractivity contribution < 1.29 is 9.90 Å². The number of benzene rings is 1. The quantitative estimate of drug-likeness (QED) is 0.843. The molecule has 1 amide bonds. The summed E-state index contributed by atoms with van der Waals surface area (Å²) in [6.07, 6.45) is 3.75. The summed E-state index contributed by atoms with van der Waals surface area (Å²) in [7, 11) is 1.79. The number of aromatic nitrogens is 2. The van der Waals surface area contributed by atoms with Crippen LogP contribution in [0.5, 0.6) is 0 Å². The molecule has 21 heavy (non-hydrogen) atoms. The zero-order chi connectivity index (χ0) is 15.2. The summed E-state index contributed by atoms with van der Waals surface area (Å²) in [6.45, 7) is 1.90. The third-order valence-electron chi connectivity index (χ3n) is 3.00. The lowest BCUT2D eigenvalue weighted by Gasteiger charge is -2.07. The Morgan fingerprint density at radius 2 is 2.29 bits per heavy atom. The van der Waals surface area contributed by atoms with E-state index in [9.17, 15) is 4.79 Å². The number of hydrogen-bond donors (Lipinski definition) is 2. The first-order chi connectivity index (χ1) is 10.1. The number of carbonyl (C=O) groups is 1. The van der Waals surface area contributed by atoms with Crippen LogP contribution in [0.25, 0.3) is 0 Å². The van der Waals surface area contributed by atoms with Gasteiger partial charge in [-0.05, 0) is 24.6 Å². The van der Waals surface area contributed by atoms with Gasteiger partial charge in [-0.25, -0.2) is 0 Å². The molecule has 0 radical (unpaired) electrons. The van der Waals surface area contributed by atoms with E-state index in [1.54, 1.807) is 36.3 Å². The highest BCUT2D eigenvalue weighted by Gasteiger charge is 2.11. The van der Waals surface area contributed by atoms with Crippen LogP contribution in [-0.2, 0) is 7.05 Å². The second-order valence-electron chi connectivity index (χ2n) is 4.61. The number of aliphatic hydroxyl groups excluding tert-OH is 1. The maximum absolute atomic E-state index is 12.3. The average molecular weight is 283 g/mol. The highest BCUT2D eigenvalue weighted by molar-refractivity contribution is 6.05. The first-order valence-electron chi connectivity index (χ1n) is 6.61. The van der Waals surface area contributed by atoms with Crippen molar-refractivity contribution in [2.45, 2.75) is 13.3 Å². The summed E-state index contributed by atoms with van der Waals surface area (Å²) in [5, 5.41) is 15.6. The Balaban J connectivity index is 2.22. The smallest absolute Gasteiger partial charge is 0.256 e. The third-order valence-corrected chi connectivity index (χ3v) is 3.00. The monoisotopic (exact) mass is 283 g/mol. The van der Waals surface area contributed by atoms with Crippen molar-refractivity contribution in [3.05, 3.63) is 47.3 Å². The highest BCUT2D eigenvalue weighted by Crippen LogP contribution is 2.15. The van der Waals surface area contributed by atoms with Crippen LogP contribution in [0, 0.1) is 18.8 Å². The average Bonchev–Trinajstić information content (AvgIpc) is 2.86. The number of carbonyl (C=O) groups excluding carboxylic acids is 1. The number of aryl methyl sites for hydroxylation is 1. The molecule has 0 aliphatic carbocycles. The number of rotatable bonds is 3. The van der Waals surface area contributed by atoms with Gasteiger partial charge in [-0.1, -0.05) is 17.9 Å². The van der Waals surface area contributed by atoms with Gasteiger partial charge in [0, 0.05) is 30.8 Å². The maximum atomic E-state index is 12.3. The van der Waals surface area contributed by atoms with Crippen LogP contribution in [0.4, 0.5) is 5.69 Å². The van der Waals surface area contributed by atoms with Crippen LogP contribution in [0.15, 0.2) is 30.6 Å². The van der Waals surface area contributed by atoms with Crippen LogP contribution in [0.1, 0.15) is 27.9 Å². The lowest BCUT2D eigenvalue weighted by Crippen LogP contribution is -2.13. The third kappa shape index (κ3) is 3.71. The van der Waals surface area contributed by atoms with Gasteiger partial charge in [0.2, 0.25) is 0 Å². The van der Waals surface area contributed by atoms with Gasteiger partial charge in [0.1, 0.15) is 0 Å². The Kier molecular flexibility index (Phi) is 4.75. The zero-order valence-corrected chi connectivity index (χ0v) is 12.1. The topological polar surface area (TPSA) is 67.2 Å². The van der Waals surface area contributed by atoms with E-state index >= 15 is 0 Å². The summed E-state index contributed by atoms with van der Waals surface area (Å²) in [5.41, 5.74) is 2.85. The van der Waals surface area contributed by atoms with Gasteiger partial charge in [0.15, 0.2) is 0 Å². The van der Waals surface area contributed by atoms with Gasteiger partial charge in [-0.2, -0.15) is 5.10 Å². The SMILES string of the molecule is Cc1c(C#CCCO)cccc1C(=O)Nc1cnn(C)c1. The predicted octanol–water partition coefficient (Wildman–Crippen LogP) is 1.71. The summed E-state index contributed by atoms with van der Waals surface area (Å²) in [6, 6.07) is 5.42. The molecule has 5 nitrogen and oxygen atoms in total. The number of aliphatic hydroxyl groups is 1. The van der Waals surface area contributed by atoms with Crippen molar-refractivity contribution in [3.63, 3.8) is 0 Å². The van der Waals surface area contributed by atoms with E-state index in [1.807, 2.05) is 13.0 Å². The van der Waals surface area contributed by atoms with Crippen LogP contribution in [-0.4, -0.2) is 27.4 Å². The van der Waals surface area contributed by atoms with Gasteiger partial charge >= 0.3 is 0 Å². The molecule has 0 saturated carbocycles. The number of nitrogens with zero attached hydrogens (tertiary/aromatic N) is 2. The van der Waals surface area contributed by atoms with Gasteiger partial charge in [0.25, 0.3) is 5.91 Å². The fourth-order valence-electron chi connectivity index (χ4n) is 1.91. The van der Waals surface area contributed by atoms with Crippen molar-refractivity contribution >= 4 is 11.6 Å². The zero-order valence-electron chi connectivity index (χ0n) is 12.1. The minimum atomic E-state index is -0.189. The van der Waals surface area contributed by atoms with Crippen molar-refractivity contribution in [2.75, 3.05) is 11.9 Å². The molecule has 0 aliphatic rings. The Morgan fingerprint density at radius 3 is 2.95 bits per heavy atom. The molecule has 0 bridgehead atoms. The number of amides is 1. The highest BCUT2D eigenvalue weighted by atomic mass is 16.2. The van der Waals surface area contributed by atoms with Crippen LogP contribution < -0.4 is 5.32 Å². The van der Waals surface area contributed by atoms with Gasteiger partial charge in [-0.3, -0.25) is 9.48 Å². The molecule has 108 valence electrons. The van der Waals surface area contributed by atoms with E-state index in [0.29, 0.717) is 17.7 Å². The van der Waals surface area contributed by atoms with E-state index < -0.39 is 0 Å². The van der Waals surface area contributed by atoms with Crippen LogP contribution in [0.3, 0.4) is 0 Å². The van der Waals surface area contributed by atoms with Crippen molar-refractivity contribution in [2.24, 2.45) is 7.05 Å². The van der Waals surface area contributed by atoms with Gasteiger partial charge in [0.05, 0.1) is 18.5 Å². The van der Waals surface area contributed by atoms with Crippen molar-refractivity contribution in [1.82, 2.24) is 9.78 Å². The molecular weight excluding hydrogens is 266 g/mol. The largest absolute Gasteiger partial charge is 0.395 e. The minimum Gasteiger partial charge on any atom is -0.395 e. The van der Waals surface area contributed by atoms with E-state index in [2.05, 4.69) is 22.3 Å². The molecule has 5 heteroatoms. The normalized spacial score (nSPS) is 9.86. The summed E-state index contributed by atoms with van der Waals surface area (Å²) in [4.78, 5) is 12.3. The van der Waals surface area contributed by atoms with Gasteiger partial charge < -0.3 is 10.4 Å². The number of hydrogen-bond acceptors (Lipinski definition) is 3. The lowest BCUT2D eigenvalue weighted by molar-refractivity contribution is 0.102. The fourth-order valence-corrected chi connectivity index (χ4v) is 1.91. The second-order valence-corrected chi connectivity index (χ2v) is 4.61. The van der Waals surface area contributed by atoms with E-state index in [0.717, 1.165) is 11.1 Å². The first kappa shape index (κ1) is 14.8. The molecule has 2 aromatic rings. The molecule has 0 aliphatic heterocycles. The van der Waals surface area contributed by atoms with E-state index in [1.165, 1.54) is 0 Å². The molecule has 1 aromatic carbocycles. The molecule has 2 N–H and O–H groups in total. The Morgan fingerprint density at radius 1 is 1.48 bits per heavy atom. The molecule has 0 unspecified atom stereocenters. The summed E-state index contributed by atoms with van der Waals surface area (Å²) in [5.74, 6) is 5.65. The molecule has 0 atom stereocenters. The predicted molar refractivity (Wildman–Crippen MR) is 80.9 cm³/mol. The fraction of sp³-hybridized carbons (Fsp3) is 0.250. The maximum Gasteiger partial charge on any atom is 0.256 e. The Bertz CT molecular complexity index is 708. The minimum absolute atomic E-state index is 0.0350. The number of nitrogens with one attached hydrogen (secondary N) is 1.